The molecule has 1 amide bonds. The fourth-order valence-corrected chi connectivity index (χ4v) is 4.62. The van der Waals surface area contributed by atoms with Crippen molar-refractivity contribution in [3.63, 3.8) is 0 Å². The van der Waals surface area contributed by atoms with Crippen LogP contribution in [-0.2, 0) is 4.79 Å². The number of anilines is 1. The third kappa shape index (κ3) is 3.16. The molecular formula is C20H12F3NO3S. The molecule has 0 unspecified atom stereocenters. The first-order valence-corrected chi connectivity index (χ1v) is 9.07. The summed E-state index contributed by atoms with van der Waals surface area (Å²) in [6, 6.07) is 8.21. The van der Waals surface area contributed by atoms with Crippen molar-refractivity contribution in [3.8, 4) is 11.1 Å². The monoisotopic (exact) mass is 403 g/mol. The summed E-state index contributed by atoms with van der Waals surface area (Å²) in [6.45, 7) is 0. The summed E-state index contributed by atoms with van der Waals surface area (Å²) in [7, 11) is 0. The summed E-state index contributed by atoms with van der Waals surface area (Å²) in [6.07, 6.45) is -0.0711. The summed E-state index contributed by atoms with van der Waals surface area (Å²) in [4.78, 5) is 24.6. The number of fused-ring (bicyclic) bond motifs is 1. The molecule has 0 saturated carbocycles. The molecule has 28 heavy (non-hydrogen) atoms. The summed E-state index contributed by atoms with van der Waals surface area (Å²) < 4.78 is 40.7. The molecule has 2 aromatic carbocycles. The van der Waals surface area contributed by atoms with Crippen molar-refractivity contribution in [3.05, 3.63) is 75.2 Å². The van der Waals surface area contributed by atoms with Crippen LogP contribution in [-0.4, -0.2) is 17.0 Å². The Bertz CT molecular complexity index is 1090. The van der Waals surface area contributed by atoms with Crippen molar-refractivity contribution in [1.29, 1.82) is 0 Å². The number of hydrogen-bond donors (Lipinski definition) is 2. The lowest BCUT2D eigenvalue weighted by Gasteiger charge is -2.24. The zero-order valence-electron chi connectivity index (χ0n) is 14.1. The molecule has 1 atom stereocenters. The van der Waals surface area contributed by atoms with Crippen LogP contribution in [0, 0.1) is 17.5 Å². The van der Waals surface area contributed by atoms with E-state index in [4.69, 9.17) is 0 Å². The normalized spacial score (nSPS) is 15.8. The highest BCUT2D eigenvalue weighted by atomic mass is 32.1. The van der Waals surface area contributed by atoms with Crippen molar-refractivity contribution in [2.24, 2.45) is 0 Å². The standard InChI is InChI=1S/C20H12F3NO3S/c21-11-3-1-9(2-4-11)16-17-18(28-19(16)20(26)27)14(8-15(25)24-17)10-5-12(22)7-13(23)6-10/h1-7,14H,8H2,(H,24,25)(H,26,27)/t14-/m1/s1. The van der Waals surface area contributed by atoms with Gasteiger partial charge in [0.1, 0.15) is 22.3 Å². The van der Waals surface area contributed by atoms with Crippen LogP contribution in [0.3, 0.4) is 0 Å². The van der Waals surface area contributed by atoms with Crippen LogP contribution in [0.5, 0.6) is 0 Å². The fraction of sp³-hybridized carbons (Fsp3) is 0.100. The van der Waals surface area contributed by atoms with Gasteiger partial charge < -0.3 is 10.4 Å². The van der Waals surface area contributed by atoms with Crippen LogP contribution >= 0.6 is 11.3 Å². The van der Waals surface area contributed by atoms with E-state index in [0.29, 0.717) is 10.4 Å². The number of carboxylic acid groups (broad SMARTS) is 1. The molecule has 1 aliphatic heterocycles. The molecule has 4 rings (SSSR count). The number of amides is 1. The molecule has 0 fully saturated rings. The minimum Gasteiger partial charge on any atom is -0.477 e. The van der Waals surface area contributed by atoms with Gasteiger partial charge >= 0.3 is 5.97 Å². The predicted molar refractivity (Wildman–Crippen MR) is 98.1 cm³/mol. The van der Waals surface area contributed by atoms with Gasteiger partial charge in [0.15, 0.2) is 0 Å². The second kappa shape index (κ2) is 6.79. The third-order valence-corrected chi connectivity index (χ3v) is 5.81. The van der Waals surface area contributed by atoms with Crippen molar-refractivity contribution in [2.45, 2.75) is 12.3 Å². The van der Waals surface area contributed by atoms with Crippen LogP contribution in [0.15, 0.2) is 42.5 Å². The lowest BCUT2D eigenvalue weighted by atomic mass is 9.88. The van der Waals surface area contributed by atoms with E-state index >= 15 is 0 Å². The van der Waals surface area contributed by atoms with Gasteiger partial charge in [0.25, 0.3) is 0 Å². The molecule has 142 valence electrons. The molecular weight excluding hydrogens is 391 g/mol. The van der Waals surface area contributed by atoms with Gasteiger partial charge in [-0.25, -0.2) is 18.0 Å². The van der Waals surface area contributed by atoms with Gasteiger partial charge in [0.2, 0.25) is 5.91 Å². The smallest absolute Gasteiger partial charge is 0.346 e. The van der Waals surface area contributed by atoms with Gasteiger partial charge in [-0.15, -0.1) is 11.3 Å². The number of carbonyl (C=O) groups excluding carboxylic acids is 1. The van der Waals surface area contributed by atoms with E-state index in [1.165, 1.54) is 24.3 Å². The lowest BCUT2D eigenvalue weighted by Crippen LogP contribution is -2.22. The second-order valence-electron chi connectivity index (χ2n) is 6.37. The van der Waals surface area contributed by atoms with Crippen molar-refractivity contribution < 1.29 is 27.9 Å². The van der Waals surface area contributed by atoms with Gasteiger partial charge in [-0.1, -0.05) is 12.1 Å². The van der Waals surface area contributed by atoms with E-state index in [0.717, 1.165) is 29.5 Å². The molecule has 0 spiro atoms. The van der Waals surface area contributed by atoms with Gasteiger partial charge in [-0.3, -0.25) is 4.79 Å². The van der Waals surface area contributed by atoms with Crippen molar-refractivity contribution >= 4 is 28.9 Å². The van der Waals surface area contributed by atoms with Crippen LogP contribution < -0.4 is 5.32 Å². The lowest BCUT2D eigenvalue weighted by molar-refractivity contribution is -0.116. The van der Waals surface area contributed by atoms with E-state index in [1.807, 2.05) is 0 Å². The average Bonchev–Trinajstić information content (AvgIpc) is 3.00. The van der Waals surface area contributed by atoms with E-state index < -0.39 is 35.2 Å². The van der Waals surface area contributed by atoms with Crippen molar-refractivity contribution in [2.75, 3.05) is 5.32 Å². The molecule has 3 aromatic rings. The maximum atomic E-state index is 13.7. The Morgan fingerprint density at radius 2 is 1.68 bits per heavy atom. The highest BCUT2D eigenvalue weighted by Crippen LogP contribution is 2.49. The topological polar surface area (TPSA) is 66.4 Å². The van der Waals surface area contributed by atoms with Gasteiger partial charge in [-0.2, -0.15) is 0 Å². The molecule has 0 aliphatic carbocycles. The number of carboxylic acids is 1. The highest BCUT2D eigenvalue weighted by molar-refractivity contribution is 7.15. The number of nitrogens with one attached hydrogen (secondary N) is 1. The Labute approximate surface area is 161 Å². The Morgan fingerprint density at radius 3 is 2.29 bits per heavy atom. The molecule has 2 N–H and O–H groups in total. The Morgan fingerprint density at radius 1 is 1.04 bits per heavy atom. The molecule has 1 aliphatic rings. The first-order chi connectivity index (χ1) is 13.3. The van der Waals surface area contributed by atoms with Gasteiger partial charge in [0.05, 0.1) is 5.69 Å². The zero-order chi connectivity index (χ0) is 20.0. The second-order valence-corrected chi connectivity index (χ2v) is 7.42. The molecule has 0 radical (unpaired) electrons. The van der Waals surface area contributed by atoms with E-state index in [-0.39, 0.29) is 28.1 Å². The minimum atomic E-state index is -1.21. The summed E-state index contributed by atoms with van der Waals surface area (Å²) >= 11 is 0.933. The molecule has 1 aromatic heterocycles. The van der Waals surface area contributed by atoms with E-state index in [1.54, 1.807) is 0 Å². The SMILES string of the molecule is O=C1C[C@H](c2cc(F)cc(F)c2)c2sc(C(=O)O)c(-c3ccc(F)cc3)c2N1. The molecule has 2 heterocycles. The molecule has 0 bridgehead atoms. The summed E-state index contributed by atoms with van der Waals surface area (Å²) in [5.74, 6) is -4.35. The largest absolute Gasteiger partial charge is 0.477 e. The first kappa shape index (κ1) is 18.2. The maximum absolute atomic E-state index is 13.7. The van der Waals surface area contributed by atoms with Gasteiger partial charge in [-0.05, 0) is 35.4 Å². The predicted octanol–water partition coefficient (Wildman–Crippen LogP) is 5.00. The molecule has 8 heteroatoms. The van der Waals surface area contributed by atoms with E-state index in [2.05, 4.69) is 5.32 Å². The number of hydrogen-bond acceptors (Lipinski definition) is 3. The molecule has 0 saturated heterocycles. The van der Waals surface area contributed by atoms with Crippen LogP contribution in [0.2, 0.25) is 0 Å². The summed E-state index contributed by atoms with van der Waals surface area (Å²) in [5, 5.41) is 12.3. The Hall–Kier alpha value is -3.13. The number of aromatic carboxylic acids is 1. The average molecular weight is 403 g/mol. The van der Waals surface area contributed by atoms with E-state index in [9.17, 15) is 27.9 Å². The minimum absolute atomic E-state index is 0.0410. The number of rotatable bonds is 3. The summed E-state index contributed by atoms with van der Waals surface area (Å²) in [5.41, 5.74) is 1.20. The maximum Gasteiger partial charge on any atom is 0.346 e. The quantitative estimate of drug-likeness (QED) is 0.647. The van der Waals surface area contributed by atoms with Crippen LogP contribution in [0.25, 0.3) is 11.1 Å². The van der Waals surface area contributed by atoms with Crippen LogP contribution in [0.1, 0.15) is 32.5 Å². The van der Waals surface area contributed by atoms with Crippen LogP contribution in [0.4, 0.5) is 18.9 Å². The number of halogens is 3. The molecule has 4 nitrogen and oxygen atoms in total. The third-order valence-electron chi connectivity index (χ3n) is 4.52. The number of carbonyl (C=O) groups is 2. The fourth-order valence-electron chi connectivity index (χ4n) is 3.37. The Kier molecular flexibility index (Phi) is 4.43. The van der Waals surface area contributed by atoms with Crippen molar-refractivity contribution in [1.82, 2.24) is 0 Å². The number of thiophene rings is 1. The Balaban J connectivity index is 1.94. The highest BCUT2D eigenvalue weighted by Gasteiger charge is 2.34. The van der Waals surface area contributed by atoms with Gasteiger partial charge in [0, 0.05) is 28.8 Å². The number of benzene rings is 2. The zero-order valence-corrected chi connectivity index (χ0v) is 14.9. The first-order valence-electron chi connectivity index (χ1n) is 8.25.